The highest BCUT2D eigenvalue weighted by Crippen LogP contribution is 2.05. The molecule has 3 rings (SSSR count). The number of rotatable bonds is 6. The van der Waals surface area contributed by atoms with Crippen LogP contribution in [0.3, 0.4) is 0 Å². The molecule has 2 aromatic rings. The molecule has 26 heavy (non-hydrogen) atoms. The smallest absolute Gasteiger partial charge is 0.227 e. The van der Waals surface area contributed by atoms with Gasteiger partial charge >= 0.3 is 0 Å². The number of nitrogens with zero attached hydrogens (tertiary/aromatic N) is 3. The minimum absolute atomic E-state index is 0.0538. The number of carbonyl (C=O) groups is 2. The predicted octanol–water partition coefficient (Wildman–Crippen LogP) is 1.43. The van der Waals surface area contributed by atoms with Crippen molar-refractivity contribution in [2.45, 2.75) is 6.54 Å². The standard InChI is InChI=1S/C20H23FN3O2/c1-22-9-11-23(12-10-22)14-20(26)17-3-2-8-24(13-17)15-19(25)16-4-6-18(21)7-5-16/h2-8,13H,9-12,14-15H2,1H3/q+1. The number of likely N-dealkylation sites (N-methyl/N-ethyl adjacent to an activating group) is 1. The Kier molecular flexibility index (Phi) is 5.85. The second kappa shape index (κ2) is 8.29. The van der Waals surface area contributed by atoms with E-state index in [4.69, 9.17) is 0 Å². The number of carbonyl (C=O) groups excluding carboxylic acids is 2. The van der Waals surface area contributed by atoms with E-state index in [2.05, 4.69) is 16.8 Å². The number of aromatic nitrogens is 1. The molecule has 5 nitrogen and oxygen atoms in total. The summed E-state index contributed by atoms with van der Waals surface area (Å²) in [5.41, 5.74) is 1.05. The molecule has 0 spiro atoms. The zero-order chi connectivity index (χ0) is 18.5. The summed E-state index contributed by atoms with van der Waals surface area (Å²) in [5, 5.41) is 0. The molecule has 136 valence electrons. The van der Waals surface area contributed by atoms with Gasteiger partial charge in [-0.2, -0.15) is 4.57 Å². The van der Waals surface area contributed by atoms with Gasteiger partial charge in [-0.25, -0.2) is 4.39 Å². The van der Waals surface area contributed by atoms with Gasteiger partial charge in [0.15, 0.2) is 18.2 Å². The summed E-state index contributed by atoms with van der Waals surface area (Å²) in [4.78, 5) is 29.3. The van der Waals surface area contributed by atoms with Crippen LogP contribution in [0.15, 0.2) is 48.8 Å². The molecule has 6 heteroatoms. The van der Waals surface area contributed by atoms with Crippen molar-refractivity contribution in [3.05, 3.63) is 65.7 Å². The molecule has 0 aliphatic carbocycles. The van der Waals surface area contributed by atoms with Crippen LogP contribution < -0.4 is 4.57 Å². The second-order valence-electron chi connectivity index (χ2n) is 6.70. The number of piperazine rings is 1. The molecule has 0 N–H and O–H groups in total. The van der Waals surface area contributed by atoms with Gasteiger partial charge in [0, 0.05) is 37.8 Å². The highest BCUT2D eigenvalue weighted by Gasteiger charge is 2.20. The average molecular weight is 356 g/mol. The van der Waals surface area contributed by atoms with Crippen LogP contribution in [-0.2, 0) is 6.54 Å². The highest BCUT2D eigenvalue weighted by atomic mass is 19.1. The van der Waals surface area contributed by atoms with Crippen LogP contribution in [-0.4, -0.2) is 61.1 Å². The maximum atomic E-state index is 13.0. The first kappa shape index (κ1) is 18.4. The lowest BCUT2D eigenvalue weighted by Crippen LogP contribution is -2.46. The summed E-state index contributed by atoms with van der Waals surface area (Å²) in [5.74, 6) is -0.442. The van der Waals surface area contributed by atoms with E-state index in [1.54, 1.807) is 29.1 Å². The van der Waals surface area contributed by atoms with Gasteiger partial charge in [-0.1, -0.05) is 0 Å². The molecule has 1 saturated heterocycles. The summed E-state index contributed by atoms with van der Waals surface area (Å²) in [6, 6.07) is 9.04. The van der Waals surface area contributed by atoms with Crippen molar-refractivity contribution in [1.29, 1.82) is 0 Å². The van der Waals surface area contributed by atoms with Gasteiger partial charge < -0.3 is 4.90 Å². The molecule has 0 radical (unpaired) electrons. The zero-order valence-corrected chi connectivity index (χ0v) is 14.9. The summed E-state index contributed by atoms with van der Waals surface area (Å²) in [7, 11) is 2.08. The van der Waals surface area contributed by atoms with Gasteiger partial charge in [0.1, 0.15) is 5.82 Å². The first-order valence-electron chi connectivity index (χ1n) is 8.73. The first-order chi connectivity index (χ1) is 12.5. The van der Waals surface area contributed by atoms with E-state index in [9.17, 15) is 14.0 Å². The van der Waals surface area contributed by atoms with E-state index < -0.39 is 0 Å². The van der Waals surface area contributed by atoms with Crippen LogP contribution in [0.2, 0.25) is 0 Å². The molecule has 1 aromatic heterocycles. The van der Waals surface area contributed by atoms with Crippen molar-refractivity contribution in [3.63, 3.8) is 0 Å². The van der Waals surface area contributed by atoms with Crippen molar-refractivity contribution in [2.24, 2.45) is 0 Å². The second-order valence-corrected chi connectivity index (χ2v) is 6.70. The fourth-order valence-electron chi connectivity index (χ4n) is 2.98. The van der Waals surface area contributed by atoms with Crippen LogP contribution in [0.1, 0.15) is 20.7 Å². The van der Waals surface area contributed by atoms with E-state index >= 15 is 0 Å². The SMILES string of the molecule is CN1CCN(CC(=O)c2ccc[n+](CC(=O)c3ccc(F)cc3)c2)CC1. The number of Topliss-reactive ketones (excluding diaryl/α,β-unsaturated/α-hetero) is 2. The molecule has 1 aliphatic heterocycles. The first-order valence-corrected chi connectivity index (χ1v) is 8.73. The van der Waals surface area contributed by atoms with Crippen molar-refractivity contribution in [3.8, 4) is 0 Å². The molecular formula is C20H23FN3O2+. The van der Waals surface area contributed by atoms with Crippen LogP contribution in [0.25, 0.3) is 0 Å². The van der Waals surface area contributed by atoms with Crippen LogP contribution in [0.4, 0.5) is 4.39 Å². The summed E-state index contributed by atoms with van der Waals surface area (Å²) >= 11 is 0. The Morgan fingerprint density at radius 3 is 2.38 bits per heavy atom. The van der Waals surface area contributed by atoms with Gasteiger partial charge in [0.2, 0.25) is 12.3 Å². The number of hydrogen-bond acceptors (Lipinski definition) is 4. The predicted molar refractivity (Wildman–Crippen MR) is 95.6 cm³/mol. The van der Waals surface area contributed by atoms with Crippen LogP contribution in [0, 0.1) is 5.82 Å². The van der Waals surface area contributed by atoms with Gasteiger partial charge in [-0.05, 0) is 37.4 Å². The van der Waals surface area contributed by atoms with E-state index in [1.807, 2.05) is 0 Å². The fraction of sp³-hybridized carbons (Fsp3) is 0.350. The number of hydrogen-bond donors (Lipinski definition) is 0. The Morgan fingerprint density at radius 1 is 1.00 bits per heavy atom. The minimum atomic E-state index is -0.370. The third-order valence-electron chi connectivity index (χ3n) is 4.64. The summed E-state index contributed by atoms with van der Waals surface area (Å²) in [6.07, 6.45) is 3.47. The average Bonchev–Trinajstić information content (AvgIpc) is 2.64. The van der Waals surface area contributed by atoms with E-state index in [1.165, 1.54) is 24.3 Å². The van der Waals surface area contributed by atoms with Crippen LogP contribution >= 0.6 is 0 Å². The Bertz CT molecular complexity index is 784. The maximum absolute atomic E-state index is 13.0. The molecule has 1 aliphatic rings. The normalized spacial score (nSPS) is 15.8. The number of ketones is 2. The minimum Gasteiger partial charge on any atom is -0.304 e. The zero-order valence-electron chi connectivity index (χ0n) is 14.9. The quantitative estimate of drug-likeness (QED) is 0.580. The van der Waals surface area contributed by atoms with Gasteiger partial charge in [-0.15, -0.1) is 0 Å². The number of pyridine rings is 1. The van der Waals surface area contributed by atoms with Crippen molar-refractivity contribution >= 4 is 11.6 Å². The molecule has 0 atom stereocenters. The Morgan fingerprint density at radius 2 is 1.69 bits per heavy atom. The van der Waals surface area contributed by atoms with Gasteiger partial charge in [0.25, 0.3) is 0 Å². The lowest BCUT2D eigenvalue weighted by Gasteiger charge is -2.31. The molecule has 0 unspecified atom stereocenters. The van der Waals surface area contributed by atoms with Crippen molar-refractivity contribution in [2.75, 3.05) is 39.8 Å². The van der Waals surface area contributed by atoms with E-state index in [0.29, 0.717) is 17.7 Å². The van der Waals surface area contributed by atoms with Crippen molar-refractivity contribution < 1.29 is 18.5 Å². The molecule has 1 aromatic carbocycles. The molecule has 2 heterocycles. The summed E-state index contributed by atoms with van der Waals surface area (Å²) < 4.78 is 14.7. The summed E-state index contributed by atoms with van der Waals surface area (Å²) in [6.45, 7) is 4.21. The molecule has 0 bridgehead atoms. The van der Waals surface area contributed by atoms with Crippen LogP contribution in [0.5, 0.6) is 0 Å². The molecule has 0 saturated carbocycles. The third-order valence-corrected chi connectivity index (χ3v) is 4.64. The monoisotopic (exact) mass is 356 g/mol. The molecular weight excluding hydrogens is 333 g/mol. The van der Waals surface area contributed by atoms with E-state index in [-0.39, 0.29) is 23.9 Å². The third kappa shape index (κ3) is 4.80. The maximum Gasteiger partial charge on any atom is 0.227 e. The van der Waals surface area contributed by atoms with Crippen molar-refractivity contribution in [1.82, 2.24) is 9.80 Å². The fourth-order valence-corrected chi connectivity index (χ4v) is 2.98. The molecule has 1 fully saturated rings. The van der Waals surface area contributed by atoms with E-state index in [0.717, 1.165) is 26.2 Å². The Hall–Kier alpha value is -2.44. The lowest BCUT2D eigenvalue weighted by atomic mass is 10.1. The Labute approximate surface area is 152 Å². The number of halogens is 1. The van der Waals surface area contributed by atoms with Gasteiger partial charge in [-0.3, -0.25) is 14.5 Å². The topological polar surface area (TPSA) is 44.5 Å². The molecule has 0 amide bonds. The lowest BCUT2D eigenvalue weighted by molar-refractivity contribution is -0.683. The number of benzene rings is 1. The highest BCUT2D eigenvalue weighted by molar-refractivity contribution is 5.97. The van der Waals surface area contributed by atoms with Gasteiger partial charge in [0.05, 0.1) is 12.1 Å². The largest absolute Gasteiger partial charge is 0.304 e. The Balaban J connectivity index is 1.63.